The van der Waals surface area contributed by atoms with Crippen molar-refractivity contribution in [2.75, 3.05) is 44.4 Å². The van der Waals surface area contributed by atoms with Gasteiger partial charge in [0.1, 0.15) is 23.9 Å². The lowest BCUT2D eigenvalue weighted by atomic mass is 10.0. The highest BCUT2D eigenvalue weighted by Gasteiger charge is 2.33. The maximum absolute atomic E-state index is 12.7. The first-order valence-electron chi connectivity index (χ1n) is 12.0. The Morgan fingerprint density at radius 2 is 1.82 bits per heavy atom. The van der Waals surface area contributed by atoms with Crippen molar-refractivity contribution in [3.05, 3.63) is 41.7 Å². The molecule has 0 saturated carbocycles. The molecule has 2 aromatic rings. The number of nitrogens with one attached hydrogen (secondary N) is 2. The van der Waals surface area contributed by atoms with Crippen LogP contribution in [0.15, 0.2) is 35.6 Å². The minimum Gasteiger partial charge on any atom is -0.368 e. The molecule has 2 amide bonds. The van der Waals surface area contributed by atoms with Gasteiger partial charge in [0.25, 0.3) is 0 Å². The third kappa shape index (κ3) is 5.96. The first kappa shape index (κ1) is 23.8. The fraction of sp³-hybridized carbons (Fsp3) is 0.480. The zero-order valence-electron chi connectivity index (χ0n) is 20.0. The van der Waals surface area contributed by atoms with Crippen LogP contribution in [0, 0.1) is 0 Å². The van der Waals surface area contributed by atoms with Gasteiger partial charge in [0.15, 0.2) is 0 Å². The van der Waals surface area contributed by atoms with E-state index in [1.807, 2.05) is 19.2 Å². The van der Waals surface area contributed by atoms with Gasteiger partial charge < -0.3 is 20.4 Å². The fourth-order valence-electron chi connectivity index (χ4n) is 4.35. The summed E-state index contributed by atoms with van der Waals surface area (Å²) in [6.45, 7) is 2.92. The van der Waals surface area contributed by atoms with Crippen LogP contribution in [0.2, 0.25) is 0 Å². The highest BCUT2D eigenvalue weighted by atomic mass is 16.2. The first-order valence-corrected chi connectivity index (χ1v) is 12.0. The van der Waals surface area contributed by atoms with E-state index in [2.05, 4.69) is 49.7 Å². The number of amides is 2. The summed E-state index contributed by atoms with van der Waals surface area (Å²) in [6.07, 6.45) is 7.86. The Morgan fingerprint density at radius 1 is 1.00 bits per heavy atom. The van der Waals surface area contributed by atoms with Gasteiger partial charge in [-0.1, -0.05) is 25.0 Å². The maximum Gasteiger partial charge on any atom is 0.238 e. The molecular weight excluding hydrogens is 430 g/mol. The number of hydrogen-bond acceptors (Lipinski definition) is 7. The third-order valence-electron chi connectivity index (χ3n) is 6.30. The van der Waals surface area contributed by atoms with Gasteiger partial charge in [-0.25, -0.2) is 9.97 Å². The molecule has 9 nitrogen and oxygen atoms in total. The molecule has 9 heteroatoms. The van der Waals surface area contributed by atoms with Crippen molar-refractivity contribution in [2.24, 2.45) is 4.99 Å². The molecule has 2 aliphatic rings. The molecule has 0 saturated heterocycles. The lowest BCUT2D eigenvalue weighted by Gasteiger charge is -2.18. The van der Waals surface area contributed by atoms with Crippen LogP contribution in [0.4, 0.5) is 17.3 Å². The van der Waals surface area contributed by atoms with Crippen molar-refractivity contribution < 1.29 is 9.59 Å². The number of aromatic nitrogens is 2. The molecule has 0 aliphatic carbocycles. The standard InChI is InChI=1S/C25H33N7O2/c1-31-12-6-4-3-5-10-21(33)32(2)13-11-26-23-22-20(25(34)30-24(22)29-17-28-23)15-27-19-9-7-8-18(14-19)16-31/h7-9,14-15,17,20H,3-6,10-13,16H2,1-2H3,(H2,26,28,29,30,34). The summed E-state index contributed by atoms with van der Waals surface area (Å²) < 4.78 is 0. The van der Waals surface area contributed by atoms with Crippen LogP contribution < -0.4 is 10.6 Å². The predicted molar refractivity (Wildman–Crippen MR) is 134 cm³/mol. The molecular formula is C25H33N7O2. The van der Waals surface area contributed by atoms with Crippen LogP contribution in [-0.4, -0.2) is 71.5 Å². The number of carbonyl (C=O) groups is 2. The molecule has 1 aromatic carbocycles. The Balaban J connectivity index is 1.57. The van der Waals surface area contributed by atoms with Gasteiger partial charge in [-0.05, 0) is 44.1 Å². The van der Waals surface area contributed by atoms with Gasteiger partial charge in [-0.15, -0.1) is 0 Å². The summed E-state index contributed by atoms with van der Waals surface area (Å²) in [5, 5.41) is 6.11. The number of fused-ring (bicyclic) bond motifs is 2. The number of hydrogen-bond donors (Lipinski definition) is 2. The molecule has 4 rings (SSSR count). The first-order chi connectivity index (χ1) is 16.5. The van der Waals surface area contributed by atoms with Gasteiger partial charge in [0.2, 0.25) is 11.8 Å². The van der Waals surface area contributed by atoms with Gasteiger partial charge >= 0.3 is 0 Å². The van der Waals surface area contributed by atoms with E-state index in [-0.39, 0.29) is 11.8 Å². The lowest BCUT2D eigenvalue weighted by Crippen LogP contribution is -2.31. The van der Waals surface area contributed by atoms with Crippen molar-refractivity contribution in [3.63, 3.8) is 0 Å². The molecule has 0 radical (unpaired) electrons. The van der Waals surface area contributed by atoms with E-state index in [9.17, 15) is 9.59 Å². The van der Waals surface area contributed by atoms with E-state index in [1.54, 1.807) is 11.1 Å². The summed E-state index contributed by atoms with van der Waals surface area (Å²) in [6, 6.07) is 8.10. The van der Waals surface area contributed by atoms with Crippen molar-refractivity contribution >= 4 is 35.4 Å². The second-order valence-electron chi connectivity index (χ2n) is 9.04. The molecule has 0 fully saturated rings. The van der Waals surface area contributed by atoms with Gasteiger partial charge in [-0.2, -0.15) is 0 Å². The number of likely N-dealkylation sites (N-methyl/N-ethyl adjacent to an activating group) is 1. The average molecular weight is 464 g/mol. The molecule has 2 N–H and O–H groups in total. The van der Waals surface area contributed by atoms with E-state index in [0.717, 1.165) is 44.5 Å². The number of rotatable bonds is 0. The van der Waals surface area contributed by atoms with Gasteiger partial charge in [0, 0.05) is 39.3 Å². The van der Waals surface area contributed by atoms with Crippen LogP contribution in [0.25, 0.3) is 0 Å². The Morgan fingerprint density at radius 3 is 2.71 bits per heavy atom. The summed E-state index contributed by atoms with van der Waals surface area (Å²) in [5.74, 6) is 0.472. The number of benzene rings is 1. The zero-order chi connectivity index (χ0) is 23.9. The SMILES string of the molecule is CN1CCCCCCC(=O)N(C)CCNc2ncnc3c2C(C=Nc2cccc(c2)C1)C(=O)N3. The van der Waals surface area contributed by atoms with Crippen LogP contribution in [0.1, 0.15) is 49.1 Å². The van der Waals surface area contributed by atoms with Crippen LogP contribution in [0.3, 0.4) is 0 Å². The zero-order valence-corrected chi connectivity index (χ0v) is 20.0. The highest BCUT2D eigenvalue weighted by molar-refractivity contribution is 6.13. The highest BCUT2D eigenvalue weighted by Crippen LogP contribution is 2.34. The van der Waals surface area contributed by atoms with Crippen molar-refractivity contribution in [1.29, 1.82) is 0 Å². The van der Waals surface area contributed by atoms with Crippen molar-refractivity contribution in [2.45, 2.75) is 44.6 Å². The molecule has 180 valence electrons. The second kappa shape index (κ2) is 11.2. The molecule has 1 aromatic heterocycles. The molecule has 2 bridgehead atoms. The van der Waals surface area contributed by atoms with E-state index >= 15 is 0 Å². The van der Waals surface area contributed by atoms with E-state index in [0.29, 0.717) is 36.7 Å². The van der Waals surface area contributed by atoms with Crippen molar-refractivity contribution in [3.8, 4) is 0 Å². The molecule has 1 atom stereocenters. The Kier molecular flexibility index (Phi) is 7.84. The summed E-state index contributed by atoms with van der Waals surface area (Å²) in [7, 11) is 3.95. The van der Waals surface area contributed by atoms with Crippen LogP contribution >= 0.6 is 0 Å². The summed E-state index contributed by atoms with van der Waals surface area (Å²) in [4.78, 5) is 42.4. The monoisotopic (exact) mass is 463 g/mol. The van der Waals surface area contributed by atoms with Crippen molar-refractivity contribution in [1.82, 2.24) is 19.8 Å². The molecule has 3 heterocycles. The molecule has 1 unspecified atom stereocenters. The summed E-state index contributed by atoms with van der Waals surface area (Å²) >= 11 is 0. The second-order valence-corrected chi connectivity index (χ2v) is 9.04. The summed E-state index contributed by atoms with van der Waals surface area (Å²) in [5.41, 5.74) is 2.68. The normalized spacial score (nSPS) is 20.8. The molecule has 2 aliphatic heterocycles. The number of aliphatic imine (C=N–C) groups is 1. The number of nitrogens with zero attached hydrogens (tertiary/aromatic N) is 5. The van der Waals surface area contributed by atoms with Gasteiger partial charge in [-0.3, -0.25) is 14.6 Å². The number of anilines is 2. The van der Waals surface area contributed by atoms with E-state index in [4.69, 9.17) is 0 Å². The Bertz CT molecular complexity index is 1060. The minimum absolute atomic E-state index is 0.152. The maximum atomic E-state index is 12.7. The van der Waals surface area contributed by atoms with E-state index < -0.39 is 5.92 Å². The Hall–Kier alpha value is -3.33. The third-order valence-corrected chi connectivity index (χ3v) is 6.30. The lowest BCUT2D eigenvalue weighted by molar-refractivity contribution is -0.129. The topological polar surface area (TPSA) is 103 Å². The largest absolute Gasteiger partial charge is 0.368 e. The van der Waals surface area contributed by atoms with E-state index in [1.165, 1.54) is 11.9 Å². The molecule has 34 heavy (non-hydrogen) atoms. The van der Waals surface area contributed by atoms with Crippen LogP contribution in [0.5, 0.6) is 0 Å². The average Bonchev–Trinajstić information content (AvgIpc) is 3.15. The Labute approximate surface area is 200 Å². The molecule has 0 spiro atoms. The smallest absolute Gasteiger partial charge is 0.238 e. The van der Waals surface area contributed by atoms with Crippen LogP contribution in [-0.2, 0) is 16.1 Å². The number of carbonyl (C=O) groups excluding carboxylic acids is 2. The fourth-order valence-corrected chi connectivity index (χ4v) is 4.35. The van der Waals surface area contributed by atoms with Gasteiger partial charge in [0.05, 0.1) is 11.3 Å². The quantitative estimate of drug-likeness (QED) is 0.622. The minimum atomic E-state index is -0.585. The predicted octanol–water partition coefficient (Wildman–Crippen LogP) is 3.18.